The SMILES string of the molecule is CC(C)(C)C(CO)NC(=O)c1ccc(-c2ccsc2C(=O)Nc2ccc(C(=N)N)cc2)c(C(=O)O)c1.CS(=O)(=O)O. The summed E-state index contributed by atoms with van der Waals surface area (Å²) in [4.78, 5) is 38.2. The molecule has 41 heavy (non-hydrogen) atoms. The Hall–Kier alpha value is -4.11. The molecule has 1 atom stereocenters. The number of carbonyl (C=O) groups excluding carboxylic acids is 2. The minimum atomic E-state index is -3.67. The van der Waals surface area contributed by atoms with Crippen LogP contribution in [0.2, 0.25) is 0 Å². The third-order valence-electron chi connectivity index (χ3n) is 5.66. The second-order valence-corrected chi connectivity index (χ2v) is 12.4. The first-order valence-corrected chi connectivity index (χ1v) is 14.7. The highest BCUT2D eigenvalue weighted by Gasteiger charge is 2.27. The Bertz CT molecular complexity index is 1530. The van der Waals surface area contributed by atoms with E-state index in [4.69, 9.17) is 15.7 Å². The summed E-state index contributed by atoms with van der Waals surface area (Å²) in [6.07, 6.45) is 0.715. The van der Waals surface area contributed by atoms with Crippen molar-refractivity contribution >= 4 is 50.8 Å². The summed E-state index contributed by atoms with van der Waals surface area (Å²) in [5.41, 5.74) is 6.80. The molecule has 8 N–H and O–H groups in total. The van der Waals surface area contributed by atoms with E-state index < -0.39 is 39.4 Å². The lowest BCUT2D eigenvalue weighted by atomic mass is 9.87. The number of carboxylic acid groups (broad SMARTS) is 1. The standard InChI is InChI=1S/C26H28N4O5S.CH4O3S/c1-26(2,3)20(13-31)30-23(32)15-6-9-17(19(12-15)25(34)35)18-10-11-36-21(18)24(33)29-16-7-4-14(5-8-16)22(27)28;1-5(2,3)4/h4-12,20,31H,13H2,1-3H3,(H3,27,28)(H,29,33)(H,30,32)(H,34,35);1H3,(H,2,3,4). The number of benzene rings is 2. The number of amidine groups is 1. The maximum atomic E-state index is 13.0. The van der Waals surface area contributed by atoms with Crippen LogP contribution in [-0.2, 0) is 10.1 Å². The summed E-state index contributed by atoms with van der Waals surface area (Å²) in [6, 6.07) is 11.9. The zero-order valence-corrected chi connectivity index (χ0v) is 24.4. The van der Waals surface area contributed by atoms with Crippen molar-refractivity contribution in [1.29, 1.82) is 5.41 Å². The van der Waals surface area contributed by atoms with E-state index in [-0.39, 0.29) is 23.6 Å². The van der Waals surface area contributed by atoms with E-state index in [2.05, 4.69) is 10.6 Å². The predicted molar refractivity (Wildman–Crippen MR) is 157 cm³/mol. The van der Waals surface area contributed by atoms with Crippen molar-refractivity contribution in [2.45, 2.75) is 26.8 Å². The van der Waals surface area contributed by atoms with Gasteiger partial charge in [-0.25, -0.2) is 4.79 Å². The lowest BCUT2D eigenvalue weighted by Gasteiger charge is -2.29. The van der Waals surface area contributed by atoms with E-state index in [1.807, 2.05) is 20.8 Å². The van der Waals surface area contributed by atoms with E-state index in [0.29, 0.717) is 33.5 Å². The molecule has 0 fully saturated rings. The van der Waals surface area contributed by atoms with Gasteiger partial charge in [0.2, 0.25) is 0 Å². The minimum absolute atomic E-state index is 0.0861. The molecule has 0 aliphatic carbocycles. The van der Waals surface area contributed by atoms with Crippen molar-refractivity contribution in [3.8, 4) is 11.1 Å². The topological polar surface area (TPSA) is 220 Å². The van der Waals surface area contributed by atoms with Gasteiger partial charge in [0.15, 0.2) is 0 Å². The highest BCUT2D eigenvalue weighted by Crippen LogP contribution is 2.32. The first-order valence-electron chi connectivity index (χ1n) is 12.0. The van der Waals surface area contributed by atoms with Gasteiger partial charge in [-0.1, -0.05) is 26.8 Å². The molecule has 12 nitrogen and oxygen atoms in total. The molecule has 0 spiro atoms. The van der Waals surface area contributed by atoms with E-state index in [9.17, 15) is 33.0 Å². The summed E-state index contributed by atoms with van der Waals surface area (Å²) in [6.45, 7) is 5.37. The van der Waals surface area contributed by atoms with Gasteiger partial charge >= 0.3 is 5.97 Å². The van der Waals surface area contributed by atoms with E-state index >= 15 is 0 Å². The zero-order chi connectivity index (χ0) is 31.1. The van der Waals surface area contributed by atoms with E-state index in [1.54, 1.807) is 35.7 Å². The smallest absolute Gasteiger partial charge is 0.336 e. The molecule has 0 saturated carbocycles. The third kappa shape index (κ3) is 9.79. The normalized spacial score (nSPS) is 12.0. The van der Waals surface area contributed by atoms with Crippen molar-refractivity contribution in [2.24, 2.45) is 11.1 Å². The number of aromatic carboxylic acids is 1. The molecular weight excluding hydrogens is 572 g/mol. The molecule has 220 valence electrons. The number of aliphatic hydroxyl groups excluding tert-OH is 1. The van der Waals surface area contributed by atoms with Crippen LogP contribution in [0.5, 0.6) is 0 Å². The Balaban J connectivity index is 0.00000108. The molecular formula is C27H32N4O8S2. The van der Waals surface area contributed by atoms with Gasteiger partial charge < -0.3 is 26.6 Å². The van der Waals surface area contributed by atoms with Gasteiger partial charge in [-0.2, -0.15) is 8.42 Å². The number of anilines is 1. The van der Waals surface area contributed by atoms with Crippen LogP contribution in [0, 0.1) is 10.8 Å². The van der Waals surface area contributed by atoms with E-state index in [1.165, 1.54) is 18.2 Å². The first-order chi connectivity index (χ1) is 18.9. The summed E-state index contributed by atoms with van der Waals surface area (Å²) in [5, 5.41) is 34.2. The predicted octanol–water partition coefficient (Wildman–Crippen LogP) is 3.29. The number of nitrogen functional groups attached to an aromatic ring is 1. The molecule has 0 saturated heterocycles. The average Bonchev–Trinajstić information content (AvgIpc) is 3.35. The first kappa shape index (κ1) is 33.1. The molecule has 0 aliphatic heterocycles. The number of carboxylic acids is 1. The fraction of sp³-hybridized carbons (Fsp3) is 0.259. The van der Waals surface area contributed by atoms with Crippen LogP contribution in [0.3, 0.4) is 0 Å². The molecule has 1 unspecified atom stereocenters. The number of carbonyl (C=O) groups is 3. The van der Waals surface area contributed by atoms with Crippen molar-refractivity contribution in [3.63, 3.8) is 0 Å². The van der Waals surface area contributed by atoms with Crippen molar-refractivity contribution in [1.82, 2.24) is 5.32 Å². The highest BCUT2D eigenvalue weighted by molar-refractivity contribution is 7.85. The van der Waals surface area contributed by atoms with Crippen LogP contribution in [0.15, 0.2) is 53.9 Å². The Kier molecular flexibility index (Phi) is 10.9. The molecule has 2 aromatic carbocycles. The molecule has 2 amide bonds. The zero-order valence-electron chi connectivity index (χ0n) is 22.8. The molecule has 0 aliphatic rings. The molecule has 3 rings (SSSR count). The number of nitrogens with one attached hydrogen (secondary N) is 3. The van der Waals surface area contributed by atoms with Gasteiger partial charge in [0.05, 0.1) is 24.5 Å². The number of nitrogens with two attached hydrogens (primary N) is 1. The Morgan fingerprint density at radius 3 is 2.05 bits per heavy atom. The monoisotopic (exact) mass is 604 g/mol. The largest absolute Gasteiger partial charge is 0.478 e. The van der Waals surface area contributed by atoms with Crippen molar-refractivity contribution in [2.75, 3.05) is 18.2 Å². The number of hydrogen-bond acceptors (Lipinski definition) is 8. The molecule has 1 aromatic heterocycles. The summed E-state index contributed by atoms with van der Waals surface area (Å²) >= 11 is 1.16. The lowest BCUT2D eigenvalue weighted by molar-refractivity contribution is 0.0697. The van der Waals surface area contributed by atoms with Crippen LogP contribution < -0.4 is 16.4 Å². The summed E-state index contributed by atoms with van der Waals surface area (Å²) in [7, 11) is -3.67. The second-order valence-electron chi connectivity index (χ2n) is 9.98. The number of aliphatic hydroxyl groups is 1. The van der Waals surface area contributed by atoms with Crippen LogP contribution in [0.4, 0.5) is 5.69 Å². The van der Waals surface area contributed by atoms with Gasteiger partial charge in [-0.05, 0) is 58.8 Å². The molecule has 1 heterocycles. The summed E-state index contributed by atoms with van der Waals surface area (Å²) in [5.74, 6) is -2.26. The van der Waals surface area contributed by atoms with Gasteiger partial charge in [-0.3, -0.25) is 19.6 Å². The quantitative estimate of drug-likeness (QED) is 0.114. The van der Waals surface area contributed by atoms with Crippen LogP contribution in [0.1, 0.15) is 56.7 Å². The van der Waals surface area contributed by atoms with E-state index in [0.717, 1.165) is 11.3 Å². The third-order valence-corrected chi connectivity index (χ3v) is 6.57. The Labute approximate surface area is 241 Å². The lowest BCUT2D eigenvalue weighted by Crippen LogP contribution is -2.46. The highest BCUT2D eigenvalue weighted by atomic mass is 32.2. The van der Waals surface area contributed by atoms with Gasteiger partial charge in [-0.15, -0.1) is 11.3 Å². The van der Waals surface area contributed by atoms with Crippen molar-refractivity contribution in [3.05, 3.63) is 75.5 Å². The Morgan fingerprint density at radius 2 is 1.56 bits per heavy atom. The van der Waals surface area contributed by atoms with Gasteiger partial charge in [0.1, 0.15) is 10.7 Å². The fourth-order valence-corrected chi connectivity index (χ4v) is 4.30. The Morgan fingerprint density at radius 1 is 1.00 bits per heavy atom. The maximum absolute atomic E-state index is 13.0. The number of thiophene rings is 1. The van der Waals surface area contributed by atoms with Gasteiger partial charge in [0.25, 0.3) is 21.9 Å². The molecule has 0 bridgehead atoms. The second kappa shape index (κ2) is 13.5. The molecule has 3 aromatic rings. The average molecular weight is 605 g/mol. The minimum Gasteiger partial charge on any atom is -0.478 e. The summed E-state index contributed by atoms with van der Waals surface area (Å²) < 4.78 is 25.9. The molecule has 0 radical (unpaired) electrons. The van der Waals surface area contributed by atoms with Crippen LogP contribution in [-0.4, -0.2) is 65.7 Å². The number of amides is 2. The number of hydrogen-bond donors (Lipinski definition) is 7. The number of rotatable bonds is 8. The molecule has 14 heteroatoms. The van der Waals surface area contributed by atoms with Crippen molar-refractivity contribution < 1.29 is 37.6 Å². The van der Waals surface area contributed by atoms with Gasteiger partial charge in [0, 0.05) is 22.4 Å². The van der Waals surface area contributed by atoms with Crippen LogP contribution in [0.25, 0.3) is 11.1 Å². The van der Waals surface area contributed by atoms with Crippen LogP contribution >= 0.6 is 11.3 Å². The maximum Gasteiger partial charge on any atom is 0.336 e. The fourth-order valence-electron chi connectivity index (χ4n) is 3.49.